The van der Waals surface area contributed by atoms with Crippen LogP contribution in [0.5, 0.6) is 5.75 Å². The van der Waals surface area contributed by atoms with Crippen LogP contribution in [0.2, 0.25) is 0 Å². The van der Waals surface area contributed by atoms with Crippen molar-refractivity contribution in [3.63, 3.8) is 0 Å². The minimum absolute atomic E-state index is 0. The molecule has 0 aliphatic rings. The second kappa shape index (κ2) is 14.2. The second-order valence-electron chi connectivity index (χ2n) is 6.69. The van der Waals surface area contributed by atoms with Gasteiger partial charge >= 0.3 is 0 Å². The van der Waals surface area contributed by atoms with E-state index in [4.69, 9.17) is 9.47 Å². The Balaban J connectivity index is 0.00000420. The zero-order valence-corrected chi connectivity index (χ0v) is 20.1. The third-order valence-corrected chi connectivity index (χ3v) is 4.35. The van der Waals surface area contributed by atoms with Crippen LogP contribution in [0.25, 0.3) is 0 Å². The Hall–Kier alpha value is -1.84. The third kappa shape index (κ3) is 9.01. The smallest absolute Gasteiger partial charge is 0.195 e. The van der Waals surface area contributed by atoms with Crippen LogP contribution in [-0.2, 0) is 4.74 Å². The molecular weight excluding hydrogens is 479 g/mol. The first-order valence-corrected chi connectivity index (χ1v) is 9.55. The molecule has 0 radical (unpaired) electrons. The summed E-state index contributed by atoms with van der Waals surface area (Å²) in [6.07, 6.45) is 0.864. The summed E-state index contributed by atoms with van der Waals surface area (Å²) in [6.45, 7) is 2.07. The van der Waals surface area contributed by atoms with Crippen molar-refractivity contribution in [2.75, 3.05) is 53.3 Å². The normalized spacial score (nSPS) is 12.2. The zero-order chi connectivity index (χ0) is 20.2. The van der Waals surface area contributed by atoms with E-state index in [2.05, 4.69) is 58.9 Å². The van der Waals surface area contributed by atoms with Crippen LogP contribution in [0.1, 0.15) is 18.0 Å². The van der Waals surface area contributed by atoms with E-state index in [-0.39, 0.29) is 30.0 Å². The van der Waals surface area contributed by atoms with Gasteiger partial charge in [-0.3, -0.25) is 4.99 Å². The number of nitrogens with zero attached hydrogens (tertiary/aromatic N) is 2. The van der Waals surface area contributed by atoms with Gasteiger partial charge in [-0.25, -0.2) is 0 Å². The lowest BCUT2D eigenvalue weighted by Gasteiger charge is -2.26. The topological polar surface area (TPSA) is 58.1 Å². The fourth-order valence-corrected chi connectivity index (χ4v) is 2.84. The number of ether oxygens (including phenoxy) is 2. The highest BCUT2D eigenvalue weighted by atomic mass is 127. The minimum Gasteiger partial charge on any atom is -0.493 e. The van der Waals surface area contributed by atoms with Crippen molar-refractivity contribution < 1.29 is 9.47 Å². The molecule has 29 heavy (non-hydrogen) atoms. The van der Waals surface area contributed by atoms with Gasteiger partial charge in [-0.05, 0) is 31.8 Å². The van der Waals surface area contributed by atoms with Crippen molar-refractivity contribution >= 4 is 35.6 Å². The van der Waals surface area contributed by atoms with Crippen molar-refractivity contribution in [3.05, 3.63) is 60.2 Å². The molecule has 2 aromatic carbocycles. The molecule has 0 bridgehead atoms. The lowest BCUT2D eigenvalue weighted by molar-refractivity contribution is 0.172. The van der Waals surface area contributed by atoms with Crippen LogP contribution >= 0.6 is 24.0 Å². The van der Waals surface area contributed by atoms with Gasteiger partial charge < -0.3 is 25.0 Å². The number of benzene rings is 2. The molecule has 6 nitrogen and oxygen atoms in total. The monoisotopic (exact) mass is 512 g/mol. The first-order valence-electron chi connectivity index (χ1n) is 9.55. The Morgan fingerprint density at radius 2 is 1.83 bits per heavy atom. The summed E-state index contributed by atoms with van der Waals surface area (Å²) in [6, 6.07) is 18.6. The van der Waals surface area contributed by atoms with Gasteiger partial charge in [0.05, 0.1) is 12.6 Å². The van der Waals surface area contributed by atoms with Crippen molar-refractivity contribution in [3.8, 4) is 5.75 Å². The molecule has 2 N–H and O–H groups in total. The molecule has 0 saturated heterocycles. The molecule has 0 fully saturated rings. The average molecular weight is 512 g/mol. The molecule has 0 aromatic heterocycles. The largest absolute Gasteiger partial charge is 0.493 e. The van der Waals surface area contributed by atoms with E-state index in [1.54, 1.807) is 14.2 Å². The molecule has 2 rings (SSSR count). The number of guanidine groups is 1. The third-order valence-electron chi connectivity index (χ3n) is 4.35. The Morgan fingerprint density at radius 1 is 1.07 bits per heavy atom. The van der Waals surface area contributed by atoms with Crippen LogP contribution < -0.4 is 15.4 Å². The van der Waals surface area contributed by atoms with Crippen LogP contribution in [0.4, 0.5) is 5.69 Å². The molecule has 160 valence electrons. The predicted molar refractivity (Wildman–Crippen MR) is 132 cm³/mol. The van der Waals surface area contributed by atoms with Crippen molar-refractivity contribution in [1.82, 2.24) is 10.2 Å². The predicted octanol–water partition coefficient (Wildman–Crippen LogP) is 4.01. The standard InChI is InChI=1S/C22H32N4O2.HI/c1-23-22(24-17-21(26(2)3)18-10-6-5-7-11-18)25-19-12-8-13-20(16-19)28-15-9-14-27-4;/h5-8,10-13,16,21H,9,14-15,17H2,1-4H3,(H2,23,24,25);1H. The number of anilines is 1. The fraction of sp³-hybridized carbons (Fsp3) is 0.409. The molecule has 0 saturated carbocycles. The highest BCUT2D eigenvalue weighted by Gasteiger charge is 2.14. The number of hydrogen-bond acceptors (Lipinski definition) is 4. The SMILES string of the molecule is CN=C(NCC(c1ccccc1)N(C)C)Nc1cccc(OCCCOC)c1.I. The summed E-state index contributed by atoms with van der Waals surface area (Å²) < 4.78 is 10.8. The molecule has 0 aliphatic carbocycles. The molecule has 0 spiro atoms. The van der Waals surface area contributed by atoms with E-state index in [1.165, 1.54) is 5.56 Å². The first kappa shape index (κ1) is 25.2. The van der Waals surface area contributed by atoms with Gasteiger partial charge in [0.2, 0.25) is 0 Å². The molecule has 0 amide bonds. The molecule has 1 unspecified atom stereocenters. The molecule has 0 heterocycles. The Bertz CT molecular complexity index is 726. The number of halogens is 1. The maximum atomic E-state index is 5.76. The molecular formula is C22H33IN4O2. The lowest BCUT2D eigenvalue weighted by Crippen LogP contribution is -2.37. The summed E-state index contributed by atoms with van der Waals surface area (Å²) in [5.41, 5.74) is 2.19. The van der Waals surface area contributed by atoms with Crippen LogP contribution in [0.15, 0.2) is 59.6 Å². The number of nitrogens with one attached hydrogen (secondary N) is 2. The number of hydrogen-bond donors (Lipinski definition) is 2. The number of likely N-dealkylation sites (N-methyl/N-ethyl adjacent to an activating group) is 1. The summed E-state index contributed by atoms with van der Waals surface area (Å²) >= 11 is 0. The van der Waals surface area contributed by atoms with E-state index in [0.717, 1.165) is 30.4 Å². The minimum atomic E-state index is 0. The highest BCUT2D eigenvalue weighted by molar-refractivity contribution is 14.0. The highest BCUT2D eigenvalue weighted by Crippen LogP contribution is 2.19. The summed E-state index contributed by atoms with van der Waals surface area (Å²) in [5.74, 6) is 1.55. The van der Waals surface area contributed by atoms with Crippen molar-refractivity contribution in [2.24, 2.45) is 4.99 Å². The molecule has 2 aromatic rings. The average Bonchev–Trinajstić information content (AvgIpc) is 2.71. The van der Waals surface area contributed by atoms with E-state index in [9.17, 15) is 0 Å². The molecule has 7 heteroatoms. The Labute approximate surface area is 191 Å². The quantitative estimate of drug-likeness (QED) is 0.218. The van der Waals surface area contributed by atoms with Crippen molar-refractivity contribution in [2.45, 2.75) is 12.5 Å². The Kier molecular flexibility index (Phi) is 12.3. The summed E-state index contributed by atoms with van der Waals surface area (Å²) in [4.78, 5) is 6.54. The second-order valence-corrected chi connectivity index (χ2v) is 6.69. The summed E-state index contributed by atoms with van der Waals surface area (Å²) in [5, 5.41) is 6.75. The Morgan fingerprint density at radius 3 is 2.48 bits per heavy atom. The summed E-state index contributed by atoms with van der Waals surface area (Å²) in [7, 11) is 7.63. The van der Waals surface area contributed by atoms with Crippen LogP contribution in [-0.4, -0.2) is 58.9 Å². The van der Waals surface area contributed by atoms with Crippen LogP contribution in [0, 0.1) is 0 Å². The van der Waals surface area contributed by atoms with Crippen LogP contribution in [0.3, 0.4) is 0 Å². The van der Waals surface area contributed by atoms with Gasteiger partial charge in [0.25, 0.3) is 0 Å². The van der Waals surface area contributed by atoms with Gasteiger partial charge in [0, 0.05) is 45.5 Å². The van der Waals surface area contributed by atoms with Gasteiger partial charge in [-0.1, -0.05) is 36.4 Å². The van der Waals surface area contributed by atoms with E-state index in [0.29, 0.717) is 13.2 Å². The maximum Gasteiger partial charge on any atom is 0.195 e. The van der Waals surface area contributed by atoms with Gasteiger partial charge in [0.1, 0.15) is 5.75 Å². The first-order chi connectivity index (χ1) is 13.6. The fourth-order valence-electron chi connectivity index (χ4n) is 2.84. The molecule has 1 atom stereocenters. The van der Waals surface area contributed by atoms with E-state index < -0.39 is 0 Å². The lowest BCUT2D eigenvalue weighted by atomic mass is 10.1. The van der Waals surface area contributed by atoms with Gasteiger partial charge in [-0.15, -0.1) is 24.0 Å². The number of methoxy groups -OCH3 is 1. The maximum absolute atomic E-state index is 5.76. The zero-order valence-electron chi connectivity index (χ0n) is 17.7. The van der Waals surface area contributed by atoms with Gasteiger partial charge in [-0.2, -0.15) is 0 Å². The molecule has 0 aliphatic heterocycles. The van der Waals surface area contributed by atoms with Gasteiger partial charge in [0.15, 0.2) is 5.96 Å². The number of aliphatic imine (C=N–C) groups is 1. The van der Waals surface area contributed by atoms with Crippen molar-refractivity contribution in [1.29, 1.82) is 0 Å². The number of rotatable bonds is 10. The van der Waals surface area contributed by atoms with E-state index >= 15 is 0 Å². The van der Waals surface area contributed by atoms with E-state index in [1.807, 2.05) is 30.3 Å².